The second kappa shape index (κ2) is 7.87. The zero-order valence-corrected chi connectivity index (χ0v) is 11.6. The van der Waals surface area contributed by atoms with Crippen LogP contribution in [0.5, 0.6) is 5.75 Å². The summed E-state index contributed by atoms with van der Waals surface area (Å²) in [7, 11) is 0. The number of benzene rings is 1. The van der Waals surface area contributed by atoms with E-state index in [4.69, 9.17) is 15.2 Å². The molecule has 0 aromatic heterocycles. The highest BCUT2D eigenvalue weighted by Gasteiger charge is 2.20. The Bertz CT molecular complexity index is 416. The van der Waals surface area contributed by atoms with Crippen LogP contribution < -0.4 is 15.8 Å². The van der Waals surface area contributed by atoms with E-state index in [1.807, 2.05) is 24.3 Å². The van der Waals surface area contributed by atoms with Gasteiger partial charge in [-0.15, -0.1) is 0 Å². The SMILES string of the molecule is NCc1ccc(OCC(=O)NCCOCC2CC2)cc1. The standard InChI is InChI=1S/C15H22N2O3/c16-9-12-3-5-14(6-4-12)20-11-15(18)17-7-8-19-10-13-1-2-13/h3-6,13H,1-2,7-11,16H2,(H,17,18). The molecule has 1 aliphatic rings. The van der Waals surface area contributed by atoms with E-state index in [0.29, 0.717) is 25.4 Å². The fraction of sp³-hybridized carbons (Fsp3) is 0.533. The van der Waals surface area contributed by atoms with E-state index in [1.165, 1.54) is 12.8 Å². The van der Waals surface area contributed by atoms with Gasteiger partial charge in [-0.2, -0.15) is 0 Å². The van der Waals surface area contributed by atoms with Crippen molar-refractivity contribution in [2.45, 2.75) is 19.4 Å². The molecule has 1 aromatic rings. The van der Waals surface area contributed by atoms with Crippen molar-refractivity contribution in [2.24, 2.45) is 11.7 Å². The third kappa shape index (κ3) is 5.59. The molecule has 1 aliphatic carbocycles. The number of carbonyl (C=O) groups is 1. The van der Waals surface area contributed by atoms with Crippen molar-refractivity contribution in [3.63, 3.8) is 0 Å². The maximum atomic E-state index is 11.5. The molecule has 1 amide bonds. The molecule has 2 rings (SSSR count). The molecule has 0 spiro atoms. The highest BCUT2D eigenvalue weighted by Crippen LogP contribution is 2.28. The van der Waals surface area contributed by atoms with E-state index in [0.717, 1.165) is 18.1 Å². The van der Waals surface area contributed by atoms with Crippen LogP contribution in [-0.4, -0.2) is 32.3 Å². The summed E-state index contributed by atoms with van der Waals surface area (Å²) in [6, 6.07) is 7.40. The first-order chi connectivity index (χ1) is 9.78. The quantitative estimate of drug-likeness (QED) is 0.663. The average molecular weight is 278 g/mol. The first-order valence-electron chi connectivity index (χ1n) is 7.04. The van der Waals surface area contributed by atoms with E-state index in [-0.39, 0.29) is 12.5 Å². The van der Waals surface area contributed by atoms with Gasteiger partial charge in [-0.1, -0.05) is 12.1 Å². The molecule has 1 aromatic carbocycles. The van der Waals surface area contributed by atoms with Crippen molar-refractivity contribution in [3.8, 4) is 5.75 Å². The Balaban J connectivity index is 1.54. The highest BCUT2D eigenvalue weighted by molar-refractivity contribution is 5.77. The van der Waals surface area contributed by atoms with E-state index in [1.54, 1.807) is 0 Å². The van der Waals surface area contributed by atoms with Gasteiger partial charge in [-0.05, 0) is 36.5 Å². The van der Waals surface area contributed by atoms with Gasteiger partial charge < -0.3 is 20.5 Å². The Kier molecular flexibility index (Phi) is 5.83. The Morgan fingerprint density at radius 2 is 2.05 bits per heavy atom. The van der Waals surface area contributed by atoms with Crippen LogP contribution >= 0.6 is 0 Å². The van der Waals surface area contributed by atoms with Gasteiger partial charge >= 0.3 is 0 Å². The van der Waals surface area contributed by atoms with Crippen molar-refractivity contribution in [3.05, 3.63) is 29.8 Å². The molecule has 1 fully saturated rings. The Labute approximate surface area is 119 Å². The van der Waals surface area contributed by atoms with Gasteiger partial charge in [0.1, 0.15) is 5.75 Å². The summed E-state index contributed by atoms with van der Waals surface area (Å²) in [6.45, 7) is 2.43. The van der Waals surface area contributed by atoms with Crippen LogP contribution in [0, 0.1) is 5.92 Å². The van der Waals surface area contributed by atoms with Gasteiger partial charge in [-0.3, -0.25) is 4.79 Å². The van der Waals surface area contributed by atoms with Gasteiger partial charge in [0.2, 0.25) is 0 Å². The van der Waals surface area contributed by atoms with Crippen molar-refractivity contribution >= 4 is 5.91 Å². The van der Waals surface area contributed by atoms with Crippen LogP contribution in [0.1, 0.15) is 18.4 Å². The minimum atomic E-state index is -0.136. The molecule has 3 N–H and O–H groups in total. The molecule has 0 aliphatic heterocycles. The van der Waals surface area contributed by atoms with Crippen molar-refractivity contribution < 1.29 is 14.3 Å². The number of hydrogen-bond acceptors (Lipinski definition) is 4. The summed E-state index contributed by atoms with van der Waals surface area (Å²) in [5.41, 5.74) is 6.54. The van der Waals surface area contributed by atoms with Gasteiger partial charge in [0.25, 0.3) is 5.91 Å². The molecule has 20 heavy (non-hydrogen) atoms. The number of nitrogens with one attached hydrogen (secondary N) is 1. The lowest BCUT2D eigenvalue weighted by molar-refractivity contribution is -0.123. The van der Waals surface area contributed by atoms with E-state index in [9.17, 15) is 4.79 Å². The van der Waals surface area contributed by atoms with Crippen LogP contribution in [0.15, 0.2) is 24.3 Å². The number of amides is 1. The fourth-order valence-corrected chi connectivity index (χ4v) is 1.72. The lowest BCUT2D eigenvalue weighted by Gasteiger charge is -2.08. The second-order valence-electron chi connectivity index (χ2n) is 5.00. The Morgan fingerprint density at radius 1 is 1.30 bits per heavy atom. The molecule has 0 unspecified atom stereocenters. The summed E-state index contributed by atoms with van der Waals surface area (Å²) in [6.07, 6.45) is 2.56. The summed E-state index contributed by atoms with van der Waals surface area (Å²) >= 11 is 0. The fourth-order valence-electron chi connectivity index (χ4n) is 1.72. The van der Waals surface area contributed by atoms with E-state index >= 15 is 0 Å². The molecule has 0 radical (unpaired) electrons. The summed E-state index contributed by atoms with van der Waals surface area (Å²) in [5, 5.41) is 2.76. The van der Waals surface area contributed by atoms with Crippen molar-refractivity contribution in [1.29, 1.82) is 0 Å². The molecule has 5 nitrogen and oxygen atoms in total. The smallest absolute Gasteiger partial charge is 0.258 e. The molecule has 0 atom stereocenters. The van der Waals surface area contributed by atoms with Gasteiger partial charge in [0.05, 0.1) is 6.61 Å². The molecule has 5 heteroatoms. The second-order valence-corrected chi connectivity index (χ2v) is 5.00. The van der Waals surface area contributed by atoms with Gasteiger partial charge in [0, 0.05) is 19.7 Å². The van der Waals surface area contributed by atoms with E-state index in [2.05, 4.69) is 5.32 Å². The van der Waals surface area contributed by atoms with Gasteiger partial charge in [-0.25, -0.2) is 0 Å². The number of nitrogens with two attached hydrogens (primary N) is 1. The molecular weight excluding hydrogens is 256 g/mol. The summed E-state index contributed by atoms with van der Waals surface area (Å²) in [4.78, 5) is 11.5. The predicted octanol–water partition coefficient (Wildman–Crippen LogP) is 1.07. The minimum absolute atomic E-state index is 0.0184. The summed E-state index contributed by atoms with van der Waals surface area (Å²) in [5.74, 6) is 1.29. The topological polar surface area (TPSA) is 73.6 Å². The Morgan fingerprint density at radius 3 is 2.70 bits per heavy atom. The molecule has 0 bridgehead atoms. The van der Waals surface area contributed by atoms with Crippen LogP contribution in [0.3, 0.4) is 0 Å². The van der Waals surface area contributed by atoms with Crippen LogP contribution in [0.25, 0.3) is 0 Å². The normalized spacial score (nSPS) is 14.1. The Hall–Kier alpha value is -1.59. The lowest BCUT2D eigenvalue weighted by atomic mass is 10.2. The number of carbonyl (C=O) groups excluding carboxylic acids is 1. The number of hydrogen-bond donors (Lipinski definition) is 2. The highest BCUT2D eigenvalue weighted by atomic mass is 16.5. The monoisotopic (exact) mass is 278 g/mol. The maximum Gasteiger partial charge on any atom is 0.258 e. The number of rotatable bonds is 9. The van der Waals surface area contributed by atoms with Crippen LogP contribution in [-0.2, 0) is 16.1 Å². The third-order valence-electron chi connectivity index (χ3n) is 3.15. The third-order valence-corrected chi connectivity index (χ3v) is 3.15. The minimum Gasteiger partial charge on any atom is -0.484 e. The molecule has 110 valence electrons. The van der Waals surface area contributed by atoms with E-state index < -0.39 is 0 Å². The molecular formula is C15H22N2O3. The van der Waals surface area contributed by atoms with Crippen LogP contribution in [0.4, 0.5) is 0 Å². The number of ether oxygens (including phenoxy) is 2. The molecule has 1 saturated carbocycles. The largest absolute Gasteiger partial charge is 0.484 e. The maximum absolute atomic E-state index is 11.5. The first-order valence-corrected chi connectivity index (χ1v) is 7.04. The average Bonchev–Trinajstić information content (AvgIpc) is 3.29. The summed E-state index contributed by atoms with van der Waals surface area (Å²) < 4.78 is 10.8. The zero-order valence-electron chi connectivity index (χ0n) is 11.6. The molecule has 0 heterocycles. The predicted molar refractivity (Wildman–Crippen MR) is 76.4 cm³/mol. The van der Waals surface area contributed by atoms with Gasteiger partial charge in [0.15, 0.2) is 6.61 Å². The zero-order chi connectivity index (χ0) is 14.2. The van der Waals surface area contributed by atoms with Crippen molar-refractivity contribution in [2.75, 3.05) is 26.4 Å². The molecule has 0 saturated heterocycles. The van der Waals surface area contributed by atoms with Crippen molar-refractivity contribution in [1.82, 2.24) is 5.32 Å². The first kappa shape index (κ1) is 14.8. The van der Waals surface area contributed by atoms with Crippen LogP contribution in [0.2, 0.25) is 0 Å². The lowest BCUT2D eigenvalue weighted by Crippen LogP contribution is -2.31.